The highest BCUT2D eigenvalue weighted by atomic mass is 16.1. The van der Waals surface area contributed by atoms with Gasteiger partial charge in [0.15, 0.2) is 5.78 Å². The van der Waals surface area contributed by atoms with Crippen molar-refractivity contribution in [2.24, 2.45) is 17.1 Å². The molecule has 110 valence electrons. The molecule has 2 N–H and O–H groups in total. The van der Waals surface area contributed by atoms with Crippen LogP contribution in [0.15, 0.2) is 24.3 Å². The number of rotatable bonds is 3. The van der Waals surface area contributed by atoms with E-state index in [-0.39, 0.29) is 12.3 Å². The average Bonchev–Trinajstić information content (AvgIpc) is 2.46. The van der Waals surface area contributed by atoms with E-state index in [1.165, 1.54) is 31.2 Å². The maximum atomic E-state index is 11.7. The van der Waals surface area contributed by atoms with Gasteiger partial charge in [0.25, 0.3) is 0 Å². The highest BCUT2D eigenvalue weighted by molar-refractivity contribution is 5.97. The van der Waals surface area contributed by atoms with E-state index in [0.29, 0.717) is 11.3 Å². The Hall–Kier alpha value is -1.15. The van der Waals surface area contributed by atoms with Crippen LogP contribution < -0.4 is 5.73 Å². The van der Waals surface area contributed by atoms with Crippen molar-refractivity contribution >= 4 is 5.78 Å². The van der Waals surface area contributed by atoms with E-state index in [1.54, 1.807) is 0 Å². The van der Waals surface area contributed by atoms with Gasteiger partial charge in [-0.3, -0.25) is 4.79 Å². The lowest BCUT2D eigenvalue weighted by atomic mass is 9.68. The fourth-order valence-corrected chi connectivity index (χ4v) is 3.38. The molecule has 2 nitrogen and oxygen atoms in total. The van der Waals surface area contributed by atoms with Gasteiger partial charge in [0.05, 0.1) is 6.54 Å². The summed E-state index contributed by atoms with van der Waals surface area (Å²) in [7, 11) is 0. The van der Waals surface area contributed by atoms with Gasteiger partial charge in [0.1, 0.15) is 0 Å². The number of benzene rings is 1. The maximum Gasteiger partial charge on any atom is 0.176 e. The van der Waals surface area contributed by atoms with Gasteiger partial charge in [0.2, 0.25) is 0 Å². The summed E-state index contributed by atoms with van der Waals surface area (Å²) in [6, 6.07) is 8.08. The number of hydrogen-bond donors (Lipinski definition) is 1. The Morgan fingerprint density at radius 2 is 1.85 bits per heavy atom. The Kier molecular flexibility index (Phi) is 4.64. The van der Waals surface area contributed by atoms with Gasteiger partial charge in [-0.15, -0.1) is 0 Å². The van der Waals surface area contributed by atoms with Crippen molar-refractivity contribution in [3.05, 3.63) is 35.4 Å². The van der Waals surface area contributed by atoms with Crippen LogP contribution in [0.2, 0.25) is 0 Å². The smallest absolute Gasteiger partial charge is 0.176 e. The highest BCUT2D eigenvalue weighted by Crippen LogP contribution is 2.43. The van der Waals surface area contributed by atoms with E-state index >= 15 is 0 Å². The molecule has 0 radical (unpaired) electrons. The lowest BCUT2D eigenvalue weighted by Gasteiger charge is -2.37. The SMILES string of the molecule is CC(C)(C)C1CCC(c2cccc(C(=O)CN)c2)CC1. The zero-order chi connectivity index (χ0) is 14.8. The van der Waals surface area contributed by atoms with Gasteiger partial charge < -0.3 is 5.73 Å². The number of carbonyl (C=O) groups is 1. The molecule has 0 aliphatic heterocycles. The number of Topliss-reactive ketones (excluding diaryl/α,β-unsaturated/α-hetero) is 1. The monoisotopic (exact) mass is 273 g/mol. The van der Waals surface area contributed by atoms with E-state index in [9.17, 15) is 4.79 Å². The predicted octanol–water partition coefficient (Wildman–Crippen LogP) is 4.15. The summed E-state index contributed by atoms with van der Waals surface area (Å²) in [6.07, 6.45) is 5.07. The largest absolute Gasteiger partial charge is 0.324 e. The zero-order valence-corrected chi connectivity index (χ0v) is 13.0. The van der Waals surface area contributed by atoms with Crippen LogP contribution in [0.25, 0.3) is 0 Å². The van der Waals surface area contributed by atoms with Gasteiger partial charge in [-0.2, -0.15) is 0 Å². The van der Waals surface area contributed by atoms with Crippen LogP contribution in [-0.4, -0.2) is 12.3 Å². The minimum Gasteiger partial charge on any atom is -0.324 e. The third-order valence-electron chi connectivity index (χ3n) is 4.82. The minimum absolute atomic E-state index is 0.0372. The summed E-state index contributed by atoms with van der Waals surface area (Å²) in [5.74, 6) is 1.47. The first-order chi connectivity index (χ1) is 9.41. The van der Waals surface area contributed by atoms with Crippen molar-refractivity contribution in [3.63, 3.8) is 0 Å². The van der Waals surface area contributed by atoms with Crippen molar-refractivity contribution in [2.75, 3.05) is 6.54 Å². The van der Waals surface area contributed by atoms with Gasteiger partial charge >= 0.3 is 0 Å². The highest BCUT2D eigenvalue weighted by Gasteiger charge is 2.30. The van der Waals surface area contributed by atoms with E-state index in [2.05, 4.69) is 32.9 Å². The summed E-state index contributed by atoms with van der Waals surface area (Å²) in [5, 5.41) is 0. The third-order valence-corrected chi connectivity index (χ3v) is 4.82. The number of nitrogens with two attached hydrogens (primary N) is 1. The average molecular weight is 273 g/mol. The van der Waals surface area contributed by atoms with Gasteiger partial charge in [-0.1, -0.05) is 39.0 Å². The Morgan fingerprint density at radius 1 is 1.20 bits per heavy atom. The molecule has 1 aromatic carbocycles. The summed E-state index contributed by atoms with van der Waals surface area (Å²) < 4.78 is 0. The second kappa shape index (κ2) is 6.09. The molecule has 1 saturated carbocycles. The Bertz CT molecular complexity index is 465. The Labute approximate surface area is 122 Å². The first-order valence-electron chi connectivity index (χ1n) is 7.75. The molecule has 0 amide bonds. The predicted molar refractivity (Wildman–Crippen MR) is 84.0 cm³/mol. The molecule has 0 saturated heterocycles. The summed E-state index contributed by atoms with van der Waals surface area (Å²) in [5.41, 5.74) is 7.95. The quantitative estimate of drug-likeness (QED) is 0.841. The van der Waals surface area contributed by atoms with E-state index < -0.39 is 0 Å². The Balaban J connectivity index is 2.05. The lowest BCUT2D eigenvalue weighted by Crippen LogP contribution is -2.25. The van der Waals surface area contributed by atoms with Crippen LogP contribution in [0.3, 0.4) is 0 Å². The topological polar surface area (TPSA) is 43.1 Å². The van der Waals surface area contributed by atoms with E-state index in [4.69, 9.17) is 5.73 Å². The molecule has 0 unspecified atom stereocenters. The second-order valence-electron chi connectivity index (χ2n) is 7.17. The summed E-state index contributed by atoms with van der Waals surface area (Å²) in [6.45, 7) is 7.13. The standard InChI is InChI=1S/C18H27NO/c1-18(2,3)16-9-7-13(8-10-16)14-5-4-6-15(11-14)17(20)12-19/h4-6,11,13,16H,7-10,12,19H2,1-3H3. The second-order valence-corrected chi connectivity index (χ2v) is 7.17. The van der Waals surface area contributed by atoms with E-state index in [1.807, 2.05) is 12.1 Å². The molecular formula is C18H27NO. The first-order valence-corrected chi connectivity index (χ1v) is 7.75. The minimum atomic E-state index is 0.0372. The van der Waals surface area contributed by atoms with Crippen LogP contribution in [-0.2, 0) is 0 Å². The first kappa shape index (κ1) is 15.2. The van der Waals surface area contributed by atoms with Gasteiger partial charge in [0, 0.05) is 5.56 Å². The number of hydrogen-bond acceptors (Lipinski definition) is 2. The van der Waals surface area contributed by atoms with Crippen molar-refractivity contribution in [1.82, 2.24) is 0 Å². The molecule has 1 aliphatic carbocycles. The van der Waals surface area contributed by atoms with Crippen LogP contribution in [0.4, 0.5) is 0 Å². The molecular weight excluding hydrogens is 246 g/mol. The Morgan fingerprint density at radius 3 is 2.40 bits per heavy atom. The molecule has 2 rings (SSSR count). The molecule has 0 atom stereocenters. The zero-order valence-electron chi connectivity index (χ0n) is 13.0. The van der Waals surface area contributed by atoms with Crippen LogP contribution in [0.5, 0.6) is 0 Å². The third kappa shape index (κ3) is 3.49. The molecule has 0 spiro atoms. The number of ketones is 1. The molecule has 0 bridgehead atoms. The van der Waals surface area contributed by atoms with Crippen LogP contribution >= 0.6 is 0 Å². The van der Waals surface area contributed by atoms with Crippen molar-refractivity contribution in [3.8, 4) is 0 Å². The molecule has 0 heterocycles. The summed E-state index contributed by atoms with van der Waals surface area (Å²) in [4.78, 5) is 11.7. The van der Waals surface area contributed by atoms with Gasteiger partial charge in [-0.25, -0.2) is 0 Å². The molecule has 1 fully saturated rings. The van der Waals surface area contributed by atoms with Gasteiger partial charge in [-0.05, 0) is 54.6 Å². The normalized spacial score (nSPS) is 23.6. The molecule has 1 aliphatic rings. The molecule has 1 aromatic rings. The van der Waals surface area contributed by atoms with Crippen LogP contribution in [0, 0.1) is 11.3 Å². The van der Waals surface area contributed by atoms with Crippen molar-refractivity contribution < 1.29 is 4.79 Å². The summed E-state index contributed by atoms with van der Waals surface area (Å²) >= 11 is 0. The van der Waals surface area contributed by atoms with Crippen LogP contribution in [0.1, 0.15) is 68.3 Å². The fraction of sp³-hybridized carbons (Fsp3) is 0.611. The maximum absolute atomic E-state index is 11.7. The fourth-order valence-electron chi connectivity index (χ4n) is 3.38. The van der Waals surface area contributed by atoms with Crippen molar-refractivity contribution in [1.29, 1.82) is 0 Å². The molecule has 20 heavy (non-hydrogen) atoms. The number of carbonyl (C=O) groups excluding carboxylic acids is 1. The van der Waals surface area contributed by atoms with Crippen molar-refractivity contribution in [2.45, 2.75) is 52.4 Å². The lowest BCUT2D eigenvalue weighted by molar-refractivity contribution is 0.100. The molecule has 2 heteroatoms. The van der Waals surface area contributed by atoms with E-state index in [0.717, 1.165) is 11.5 Å². The molecule has 0 aromatic heterocycles.